The number of carbonyl (C=O) groups is 1. The summed E-state index contributed by atoms with van der Waals surface area (Å²) in [5.41, 5.74) is 0.988. The summed E-state index contributed by atoms with van der Waals surface area (Å²) >= 11 is 1.66. The Balaban J connectivity index is 1.44. The quantitative estimate of drug-likeness (QED) is 0.861. The van der Waals surface area contributed by atoms with E-state index in [0.717, 1.165) is 30.4 Å². The van der Waals surface area contributed by atoms with Gasteiger partial charge in [-0.1, -0.05) is 6.07 Å². The highest BCUT2D eigenvalue weighted by Gasteiger charge is 2.31. The van der Waals surface area contributed by atoms with Crippen LogP contribution in [0.15, 0.2) is 23.6 Å². The summed E-state index contributed by atoms with van der Waals surface area (Å²) in [4.78, 5) is 26.4. The van der Waals surface area contributed by atoms with Gasteiger partial charge < -0.3 is 10.2 Å². The van der Waals surface area contributed by atoms with Gasteiger partial charge in [-0.3, -0.25) is 9.69 Å². The zero-order chi connectivity index (χ0) is 17.1. The monoisotopic (exact) mass is 345 g/mol. The molecule has 3 rings (SSSR count). The van der Waals surface area contributed by atoms with Gasteiger partial charge in [0.1, 0.15) is 11.6 Å². The van der Waals surface area contributed by atoms with Crippen molar-refractivity contribution in [1.82, 2.24) is 20.2 Å². The van der Waals surface area contributed by atoms with E-state index >= 15 is 0 Å². The van der Waals surface area contributed by atoms with E-state index in [0.29, 0.717) is 19.1 Å². The molecule has 1 amide bonds. The van der Waals surface area contributed by atoms with Crippen LogP contribution in [-0.4, -0.2) is 53.5 Å². The van der Waals surface area contributed by atoms with Gasteiger partial charge in [-0.05, 0) is 32.3 Å². The van der Waals surface area contributed by atoms with Crippen LogP contribution in [0, 0.1) is 13.8 Å². The first kappa shape index (κ1) is 16.9. The van der Waals surface area contributed by atoms with E-state index < -0.39 is 0 Å². The molecule has 2 aromatic heterocycles. The van der Waals surface area contributed by atoms with Crippen molar-refractivity contribution in [1.29, 1.82) is 0 Å². The van der Waals surface area contributed by atoms with Crippen molar-refractivity contribution in [3.63, 3.8) is 0 Å². The topological polar surface area (TPSA) is 61.4 Å². The molecule has 0 saturated carbocycles. The number of rotatable bonds is 6. The Hall–Kier alpha value is -1.99. The fraction of sp³-hybridized carbons (Fsp3) is 0.471. The van der Waals surface area contributed by atoms with E-state index in [1.807, 2.05) is 44.5 Å². The molecule has 128 valence electrons. The zero-order valence-corrected chi connectivity index (χ0v) is 15.1. The van der Waals surface area contributed by atoms with Crippen LogP contribution in [0.1, 0.15) is 16.4 Å². The molecule has 1 fully saturated rings. The smallest absolute Gasteiger partial charge is 0.234 e. The second kappa shape index (κ2) is 7.27. The Morgan fingerprint density at radius 3 is 2.88 bits per heavy atom. The highest BCUT2D eigenvalue weighted by molar-refractivity contribution is 7.09. The van der Waals surface area contributed by atoms with Crippen LogP contribution >= 0.6 is 11.3 Å². The summed E-state index contributed by atoms with van der Waals surface area (Å²) < 4.78 is 0. The van der Waals surface area contributed by atoms with Crippen LogP contribution in [0.4, 0.5) is 5.82 Å². The van der Waals surface area contributed by atoms with E-state index in [1.165, 1.54) is 4.88 Å². The van der Waals surface area contributed by atoms with Crippen molar-refractivity contribution in [2.24, 2.45) is 0 Å². The summed E-state index contributed by atoms with van der Waals surface area (Å²) in [7, 11) is 2.00. The number of aromatic nitrogens is 2. The average Bonchev–Trinajstić information content (AvgIpc) is 2.95. The third-order valence-electron chi connectivity index (χ3n) is 4.20. The molecule has 0 bridgehead atoms. The first-order chi connectivity index (χ1) is 11.5. The predicted octanol–water partition coefficient (Wildman–Crippen LogP) is 1.59. The summed E-state index contributed by atoms with van der Waals surface area (Å²) in [6.45, 7) is 6.72. The molecular formula is C17H23N5OS. The molecular weight excluding hydrogens is 322 g/mol. The minimum Gasteiger partial charge on any atom is -0.353 e. The van der Waals surface area contributed by atoms with E-state index in [4.69, 9.17) is 0 Å². The van der Waals surface area contributed by atoms with Gasteiger partial charge in [0.25, 0.3) is 0 Å². The van der Waals surface area contributed by atoms with Gasteiger partial charge >= 0.3 is 0 Å². The second-order valence-corrected chi connectivity index (χ2v) is 7.28. The third-order valence-corrected chi connectivity index (χ3v) is 5.07. The molecule has 0 aliphatic carbocycles. The standard InChI is InChI=1S/C17H23N5OS/c1-12-7-16(20-13(2)19-12)22-9-14(10-22)21(3)11-17(23)18-8-15-5-4-6-24-15/h4-7,14H,8-11H2,1-3H3,(H,18,23). The summed E-state index contributed by atoms with van der Waals surface area (Å²) in [6, 6.07) is 6.42. The number of aryl methyl sites for hydroxylation is 2. The second-order valence-electron chi connectivity index (χ2n) is 6.24. The SMILES string of the molecule is Cc1cc(N2CC(N(C)CC(=O)NCc3cccs3)C2)nc(C)n1. The van der Waals surface area contributed by atoms with Gasteiger partial charge in [0.15, 0.2) is 0 Å². The number of carbonyl (C=O) groups excluding carboxylic acids is 1. The summed E-state index contributed by atoms with van der Waals surface area (Å²) in [6.07, 6.45) is 0. The first-order valence-corrected chi connectivity index (χ1v) is 8.96. The Kier molecular flexibility index (Phi) is 5.11. The fourth-order valence-corrected chi connectivity index (χ4v) is 3.44. The van der Waals surface area contributed by atoms with Crippen LogP contribution < -0.4 is 10.2 Å². The van der Waals surface area contributed by atoms with E-state index in [1.54, 1.807) is 11.3 Å². The van der Waals surface area contributed by atoms with Crippen molar-refractivity contribution in [3.05, 3.63) is 40.0 Å². The van der Waals surface area contributed by atoms with E-state index in [9.17, 15) is 4.79 Å². The molecule has 7 heteroatoms. The third kappa shape index (κ3) is 4.10. The van der Waals surface area contributed by atoms with Crippen LogP contribution in [0.2, 0.25) is 0 Å². The van der Waals surface area contributed by atoms with Crippen LogP contribution in [0.25, 0.3) is 0 Å². The number of hydrogen-bond acceptors (Lipinski definition) is 6. The lowest BCUT2D eigenvalue weighted by molar-refractivity contribution is -0.122. The van der Waals surface area contributed by atoms with Crippen LogP contribution in [0.5, 0.6) is 0 Å². The average molecular weight is 345 g/mol. The molecule has 0 atom stereocenters. The molecule has 1 N–H and O–H groups in total. The molecule has 0 spiro atoms. The summed E-state index contributed by atoms with van der Waals surface area (Å²) in [5, 5.41) is 4.99. The Bertz CT molecular complexity index is 677. The molecule has 3 heterocycles. The number of nitrogens with zero attached hydrogens (tertiary/aromatic N) is 4. The van der Waals surface area contributed by atoms with Crippen molar-refractivity contribution in [3.8, 4) is 0 Å². The predicted molar refractivity (Wildman–Crippen MR) is 96.3 cm³/mol. The van der Waals surface area contributed by atoms with Crippen molar-refractivity contribution in [2.75, 3.05) is 31.6 Å². The fourth-order valence-electron chi connectivity index (χ4n) is 2.79. The Morgan fingerprint density at radius 2 is 2.21 bits per heavy atom. The Morgan fingerprint density at radius 1 is 1.42 bits per heavy atom. The molecule has 2 aromatic rings. The molecule has 0 radical (unpaired) electrons. The minimum absolute atomic E-state index is 0.0677. The van der Waals surface area contributed by atoms with Crippen molar-refractivity contribution >= 4 is 23.1 Å². The largest absolute Gasteiger partial charge is 0.353 e. The van der Waals surface area contributed by atoms with Crippen molar-refractivity contribution in [2.45, 2.75) is 26.4 Å². The van der Waals surface area contributed by atoms with Gasteiger partial charge in [-0.25, -0.2) is 9.97 Å². The number of nitrogens with one attached hydrogen (secondary N) is 1. The highest BCUT2D eigenvalue weighted by atomic mass is 32.1. The number of likely N-dealkylation sites (N-methyl/N-ethyl adjacent to an activating group) is 1. The molecule has 1 aliphatic heterocycles. The van der Waals surface area contributed by atoms with Gasteiger partial charge in [0.2, 0.25) is 5.91 Å². The Labute approximate surface area is 146 Å². The van der Waals surface area contributed by atoms with Gasteiger partial charge in [0, 0.05) is 35.8 Å². The molecule has 0 unspecified atom stereocenters. The zero-order valence-electron chi connectivity index (χ0n) is 14.3. The number of hydrogen-bond donors (Lipinski definition) is 1. The van der Waals surface area contributed by atoms with E-state index in [-0.39, 0.29) is 5.91 Å². The maximum Gasteiger partial charge on any atom is 0.234 e. The van der Waals surface area contributed by atoms with E-state index in [2.05, 4.69) is 25.1 Å². The number of amides is 1. The highest BCUT2D eigenvalue weighted by Crippen LogP contribution is 2.21. The lowest BCUT2D eigenvalue weighted by Gasteiger charge is -2.44. The molecule has 1 saturated heterocycles. The number of thiophene rings is 1. The van der Waals surface area contributed by atoms with Gasteiger partial charge in [-0.2, -0.15) is 0 Å². The lowest BCUT2D eigenvalue weighted by Crippen LogP contribution is -2.60. The maximum absolute atomic E-state index is 12.1. The lowest BCUT2D eigenvalue weighted by atomic mass is 10.1. The number of anilines is 1. The molecule has 24 heavy (non-hydrogen) atoms. The first-order valence-electron chi connectivity index (χ1n) is 8.08. The van der Waals surface area contributed by atoms with Crippen LogP contribution in [-0.2, 0) is 11.3 Å². The molecule has 6 nitrogen and oxygen atoms in total. The van der Waals surface area contributed by atoms with Crippen molar-refractivity contribution < 1.29 is 4.79 Å². The summed E-state index contributed by atoms with van der Waals surface area (Å²) in [5.74, 6) is 1.85. The van der Waals surface area contributed by atoms with Crippen LogP contribution in [0.3, 0.4) is 0 Å². The minimum atomic E-state index is 0.0677. The maximum atomic E-state index is 12.1. The normalized spacial score (nSPS) is 14.8. The molecule has 0 aromatic carbocycles. The van der Waals surface area contributed by atoms with Gasteiger partial charge in [0.05, 0.1) is 13.1 Å². The molecule has 1 aliphatic rings. The van der Waals surface area contributed by atoms with Gasteiger partial charge in [-0.15, -0.1) is 11.3 Å².